The molecule has 0 radical (unpaired) electrons. The molecule has 1 saturated heterocycles. The molecular formula is C21H25N3O3S. The summed E-state index contributed by atoms with van der Waals surface area (Å²) < 4.78 is 28.5. The van der Waals surface area contributed by atoms with Crippen LogP contribution in [0.2, 0.25) is 0 Å². The van der Waals surface area contributed by atoms with Crippen LogP contribution in [0.4, 0.5) is 5.69 Å². The van der Waals surface area contributed by atoms with E-state index in [9.17, 15) is 13.2 Å². The van der Waals surface area contributed by atoms with Gasteiger partial charge >= 0.3 is 0 Å². The summed E-state index contributed by atoms with van der Waals surface area (Å²) >= 11 is 0. The number of rotatable bonds is 3. The first-order valence-electron chi connectivity index (χ1n) is 9.63. The molecule has 6 nitrogen and oxygen atoms in total. The van der Waals surface area contributed by atoms with E-state index in [1.165, 1.54) is 4.31 Å². The van der Waals surface area contributed by atoms with Crippen molar-refractivity contribution in [2.24, 2.45) is 0 Å². The molecule has 2 aliphatic rings. The molecule has 1 fully saturated rings. The number of fused-ring (bicyclic) bond motifs is 1. The Morgan fingerprint density at radius 2 is 1.57 bits per heavy atom. The van der Waals surface area contributed by atoms with E-state index >= 15 is 0 Å². The molecule has 0 unspecified atom stereocenters. The number of carbonyl (C=O) groups is 1. The fourth-order valence-electron chi connectivity index (χ4n) is 3.98. The summed E-state index contributed by atoms with van der Waals surface area (Å²) in [5.41, 5.74) is 1.58. The lowest BCUT2D eigenvalue weighted by Crippen LogP contribution is -2.56. The summed E-state index contributed by atoms with van der Waals surface area (Å²) in [6.07, 6.45) is 1.19. The SMILES string of the molecule is CN1CCN(C(=O)[C@@H]2CCc3ccccc3N2S(=O)(=O)c2ccccc2)CC1. The Bertz CT molecular complexity index is 954. The average molecular weight is 400 g/mol. The maximum atomic E-state index is 13.5. The number of piperazine rings is 1. The number of aryl methyl sites for hydroxylation is 1. The Kier molecular flexibility index (Phi) is 5.12. The normalized spacial score (nSPS) is 20.7. The lowest BCUT2D eigenvalue weighted by atomic mass is 9.97. The first-order chi connectivity index (χ1) is 13.5. The fraction of sp³-hybridized carbons (Fsp3) is 0.381. The van der Waals surface area contributed by atoms with Gasteiger partial charge in [-0.3, -0.25) is 9.10 Å². The van der Waals surface area contributed by atoms with E-state index in [1.807, 2.05) is 30.1 Å². The standard InChI is InChI=1S/C21H25N3O3S/c1-22-13-15-23(16-14-22)21(25)20-12-11-17-7-5-6-10-19(17)24(20)28(26,27)18-8-3-2-4-9-18/h2-10,20H,11-16H2,1H3/t20-/m0/s1. The summed E-state index contributed by atoms with van der Waals surface area (Å²) in [5, 5.41) is 0. The van der Waals surface area contributed by atoms with E-state index in [4.69, 9.17) is 0 Å². The van der Waals surface area contributed by atoms with Crippen molar-refractivity contribution in [3.05, 3.63) is 60.2 Å². The van der Waals surface area contributed by atoms with Crippen LogP contribution in [0.5, 0.6) is 0 Å². The molecule has 2 aromatic carbocycles. The molecule has 0 spiro atoms. The summed E-state index contributed by atoms with van der Waals surface area (Å²) in [6, 6.07) is 15.2. The average Bonchev–Trinajstić information content (AvgIpc) is 2.73. The van der Waals surface area contributed by atoms with Crippen molar-refractivity contribution >= 4 is 21.6 Å². The minimum atomic E-state index is -3.84. The number of nitrogens with zero attached hydrogens (tertiary/aromatic N) is 3. The van der Waals surface area contributed by atoms with Crippen molar-refractivity contribution in [2.75, 3.05) is 37.5 Å². The first kappa shape index (κ1) is 19.0. The van der Waals surface area contributed by atoms with Crippen LogP contribution < -0.4 is 4.31 Å². The molecule has 0 saturated carbocycles. The molecule has 2 aliphatic heterocycles. The van der Waals surface area contributed by atoms with Crippen LogP contribution in [0.25, 0.3) is 0 Å². The van der Waals surface area contributed by atoms with Gasteiger partial charge in [0.05, 0.1) is 10.6 Å². The van der Waals surface area contributed by atoms with Crippen LogP contribution in [0.3, 0.4) is 0 Å². The van der Waals surface area contributed by atoms with Gasteiger partial charge in [-0.2, -0.15) is 0 Å². The Hall–Kier alpha value is -2.38. The molecule has 0 N–H and O–H groups in total. The van der Waals surface area contributed by atoms with Crippen LogP contribution in [0, 0.1) is 0 Å². The topological polar surface area (TPSA) is 60.9 Å². The maximum absolute atomic E-state index is 13.5. The molecule has 0 aromatic heterocycles. The third kappa shape index (κ3) is 3.40. The second kappa shape index (κ2) is 7.56. The number of hydrogen-bond donors (Lipinski definition) is 0. The Morgan fingerprint density at radius 3 is 2.29 bits per heavy atom. The summed E-state index contributed by atoms with van der Waals surface area (Å²) in [4.78, 5) is 17.6. The molecule has 2 aromatic rings. The molecule has 148 valence electrons. The van der Waals surface area contributed by atoms with Gasteiger partial charge in [0.1, 0.15) is 6.04 Å². The highest BCUT2D eigenvalue weighted by molar-refractivity contribution is 7.93. The minimum absolute atomic E-state index is 0.0953. The highest BCUT2D eigenvalue weighted by Crippen LogP contribution is 2.36. The summed E-state index contributed by atoms with van der Waals surface area (Å²) in [5.74, 6) is -0.0953. The second-order valence-electron chi connectivity index (χ2n) is 7.43. The molecule has 1 amide bonds. The van der Waals surface area contributed by atoms with E-state index in [0.717, 1.165) is 18.7 Å². The molecule has 0 aliphatic carbocycles. The lowest BCUT2D eigenvalue weighted by molar-refractivity contribution is -0.134. The Morgan fingerprint density at radius 1 is 0.929 bits per heavy atom. The Balaban J connectivity index is 1.75. The molecule has 1 atom stereocenters. The van der Waals surface area contributed by atoms with Gasteiger partial charge in [-0.15, -0.1) is 0 Å². The van der Waals surface area contributed by atoms with Crippen LogP contribution in [0.1, 0.15) is 12.0 Å². The zero-order valence-corrected chi connectivity index (χ0v) is 16.8. The maximum Gasteiger partial charge on any atom is 0.265 e. The van der Waals surface area contributed by atoms with E-state index in [-0.39, 0.29) is 10.8 Å². The predicted octanol–water partition coefficient (Wildman–Crippen LogP) is 1.97. The van der Waals surface area contributed by atoms with Gasteiger partial charge in [-0.25, -0.2) is 8.42 Å². The number of para-hydroxylation sites is 1. The minimum Gasteiger partial charge on any atom is -0.338 e. The van der Waals surface area contributed by atoms with Crippen molar-refractivity contribution in [1.82, 2.24) is 9.80 Å². The second-order valence-corrected chi connectivity index (χ2v) is 9.24. The van der Waals surface area contributed by atoms with Crippen LogP contribution in [-0.4, -0.2) is 63.4 Å². The number of likely N-dealkylation sites (N-methyl/N-ethyl adjacent to an activating group) is 1. The molecule has 28 heavy (non-hydrogen) atoms. The van der Waals surface area contributed by atoms with Gasteiger partial charge < -0.3 is 9.80 Å². The van der Waals surface area contributed by atoms with E-state index in [1.54, 1.807) is 36.4 Å². The monoisotopic (exact) mass is 399 g/mol. The molecule has 2 heterocycles. The molecule has 0 bridgehead atoms. The predicted molar refractivity (Wildman–Crippen MR) is 109 cm³/mol. The van der Waals surface area contributed by atoms with Crippen LogP contribution >= 0.6 is 0 Å². The third-order valence-electron chi connectivity index (χ3n) is 5.60. The fourth-order valence-corrected chi connectivity index (χ4v) is 5.67. The zero-order chi connectivity index (χ0) is 19.7. The number of benzene rings is 2. The summed E-state index contributed by atoms with van der Waals surface area (Å²) in [6.45, 7) is 2.88. The number of sulfonamides is 1. The van der Waals surface area contributed by atoms with Gasteiger partial charge in [0.25, 0.3) is 10.0 Å². The smallest absolute Gasteiger partial charge is 0.265 e. The number of amides is 1. The zero-order valence-electron chi connectivity index (χ0n) is 16.0. The van der Waals surface area contributed by atoms with E-state index < -0.39 is 16.1 Å². The summed E-state index contributed by atoms with van der Waals surface area (Å²) in [7, 11) is -1.81. The van der Waals surface area contributed by atoms with Crippen molar-refractivity contribution in [3.8, 4) is 0 Å². The third-order valence-corrected chi connectivity index (χ3v) is 7.44. The first-order valence-corrected chi connectivity index (χ1v) is 11.1. The van der Waals surface area contributed by atoms with E-state index in [0.29, 0.717) is 31.6 Å². The largest absolute Gasteiger partial charge is 0.338 e. The van der Waals surface area contributed by atoms with Gasteiger partial charge in [0.15, 0.2) is 0 Å². The molecular weight excluding hydrogens is 374 g/mol. The highest BCUT2D eigenvalue weighted by Gasteiger charge is 2.41. The van der Waals surface area contributed by atoms with Gasteiger partial charge in [-0.1, -0.05) is 36.4 Å². The number of hydrogen-bond acceptors (Lipinski definition) is 4. The quantitative estimate of drug-likeness (QED) is 0.792. The number of carbonyl (C=O) groups excluding carboxylic acids is 1. The molecule has 4 rings (SSSR count). The molecule has 7 heteroatoms. The van der Waals surface area contributed by atoms with Crippen LogP contribution in [0.15, 0.2) is 59.5 Å². The van der Waals surface area contributed by atoms with Crippen molar-refractivity contribution in [1.29, 1.82) is 0 Å². The Labute approximate surface area is 166 Å². The van der Waals surface area contributed by atoms with Crippen molar-refractivity contribution < 1.29 is 13.2 Å². The van der Waals surface area contributed by atoms with Crippen LogP contribution in [-0.2, 0) is 21.2 Å². The van der Waals surface area contributed by atoms with Gasteiger partial charge in [-0.05, 0) is 43.7 Å². The van der Waals surface area contributed by atoms with E-state index in [2.05, 4.69) is 4.90 Å². The number of anilines is 1. The van der Waals surface area contributed by atoms with Crippen molar-refractivity contribution in [2.45, 2.75) is 23.8 Å². The van der Waals surface area contributed by atoms with Crippen molar-refractivity contribution in [3.63, 3.8) is 0 Å². The highest BCUT2D eigenvalue weighted by atomic mass is 32.2. The van der Waals surface area contributed by atoms with Gasteiger partial charge in [0, 0.05) is 26.2 Å². The lowest BCUT2D eigenvalue weighted by Gasteiger charge is -2.41. The van der Waals surface area contributed by atoms with Gasteiger partial charge in [0.2, 0.25) is 5.91 Å².